The molecule has 1 saturated heterocycles. The van der Waals surface area contributed by atoms with Gasteiger partial charge in [0.05, 0.1) is 12.9 Å². The van der Waals surface area contributed by atoms with Crippen molar-refractivity contribution in [3.63, 3.8) is 0 Å². The molecule has 0 aliphatic carbocycles. The Morgan fingerprint density at radius 2 is 2.00 bits per heavy atom. The van der Waals surface area contributed by atoms with Gasteiger partial charge in [-0.3, -0.25) is 14.3 Å². The van der Waals surface area contributed by atoms with Crippen molar-refractivity contribution in [2.45, 2.75) is 31.0 Å². The lowest BCUT2D eigenvalue weighted by Gasteiger charge is -2.24. The summed E-state index contributed by atoms with van der Waals surface area (Å²) in [7, 11) is -11.1. The Labute approximate surface area is 187 Å². The number of nitrogens with zero attached hydrogens (tertiary/aromatic N) is 3. The Balaban J connectivity index is 1.78. The molecule has 1 aliphatic heterocycles. The van der Waals surface area contributed by atoms with Crippen LogP contribution >= 0.6 is 22.4 Å². The molecule has 0 spiro atoms. The predicted molar refractivity (Wildman–Crippen MR) is 108 cm³/mol. The highest BCUT2D eigenvalue weighted by molar-refractivity contribution is 8.08. The molecule has 1 aliphatic rings. The number of aliphatic hydroxyl groups excluding tert-OH is 1. The molecule has 2 aromatic heterocycles. The summed E-state index contributed by atoms with van der Waals surface area (Å²) in [6, 6.07) is 0. The molecule has 0 bridgehead atoms. The Morgan fingerprint density at radius 1 is 1.36 bits per heavy atom. The number of fused-ring (bicyclic) bond motifs is 1. The Hall–Kier alpha value is -1.17. The number of nitrogen functional groups attached to an aromatic ring is 1. The van der Waals surface area contributed by atoms with E-state index >= 15 is 4.39 Å². The van der Waals surface area contributed by atoms with Gasteiger partial charge in [0.15, 0.2) is 23.1 Å². The number of aromatic amines is 1. The number of nitrogens with one attached hydrogen (secondary N) is 1. The van der Waals surface area contributed by atoms with E-state index in [0.717, 1.165) is 17.8 Å². The maximum Gasteiger partial charge on any atom is 0.488 e. The number of nitrogens with two attached hydrogens (primary N) is 1. The molecule has 0 radical (unpaired) electrons. The van der Waals surface area contributed by atoms with Crippen molar-refractivity contribution in [2.75, 3.05) is 12.3 Å². The minimum Gasteiger partial charge on any atom is -0.387 e. The van der Waals surface area contributed by atoms with Gasteiger partial charge in [-0.25, -0.2) is 22.8 Å². The van der Waals surface area contributed by atoms with E-state index in [9.17, 15) is 28.8 Å². The monoisotopic (exact) mass is 555 g/mol. The topological polar surface area (TPSA) is 262 Å². The van der Waals surface area contributed by atoms with Crippen molar-refractivity contribution >= 4 is 51.3 Å². The zero-order valence-corrected chi connectivity index (χ0v) is 19.7. The van der Waals surface area contributed by atoms with E-state index < -0.39 is 58.6 Å². The first-order chi connectivity index (χ1) is 14.9. The highest BCUT2D eigenvalue weighted by Crippen LogP contribution is 2.66. The second-order valence-electron chi connectivity index (χ2n) is 6.78. The third kappa shape index (κ3) is 5.91. The van der Waals surface area contributed by atoms with E-state index in [1.54, 1.807) is 0 Å². The van der Waals surface area contributed by atoms with Gasteiger partial charge in [0.25, 0.3) is 5.56 Å². The molecule has 0 aromatic carbocycles. The average Bonchev–Trinajstić information content (AvgIpc) is 3.10. The van der Waals surface area contributed by atoms with Gasteiger partial charge in [0.2, 0.25) is 5.95 Å². The SMILES string of the molecule is C[C@@]1(F)[C@H](O)[C@@H](COP(O)(=S)OP(=O)(O)OP(=O)(O)O)O[C@H]1n1cnc2c(=O)[nH]c(N)nc21. The maximum absolute atomic E-state index is 15.4. The van der Waals surface area contributed by atoms with E-state index in [2.05, 4.69) is 35.4 Å². The van der Waals surface area contributed by atoms with Gasteiger partial charge in [-0.2, -0.15) is 9.29 Å². The molecule has 22 heteroatoms. The smallest absolute Gasteiger partial charge is 0.387 e. The molecule has 0 amide bonds. The number of phosphoric acid groups is 2. The number of alkyl halides is 1. The third-order valence-corrected chi connectivity index (χ3v) is 8.96. The molecule has 1 fully saturated rings. The van der Waals surface area contributed by atoms with E-state index in [1.165, 1.54) is 0 Å². The first-order valence-electron chi connectivity index (χ1n) is 8.45. The van der Waals surface area contributed by atoms with Gasteiger partial charge in [0.1, 0.15) is 12.2 Å². The van der Waals surface area contributed by atoms with Crippen LogP contribution in [0.1, 0.15) is 13.2 Å². The Morgan fingerprint density at radius 3 is 2.61 bits per heavy atom. The fourth-order valence-corrected chi connectivity index (χ4v) is 6.91. The van der Waals surface area contributed by atoms with Crippen molar-refractivity contribution in [1.29, 1.82) is 0 Å². The van der Waals surface area contributed by atoms with Crippen molar-refractivity contribution in [2.24, 2.45) is 0 Å². The molecule has 2 aromatic rings. The molecular formula is C11H17FN5O12P3S. The van der Waals surface area contributed by atoms with Crippen LogP contribution in [0.5, 0.6) is 0 Å². The number of ether oxygens (including phenoxy) is 1. The molecule has 0 saturated carbocycles. The predicted octanol–water partition coefficient (Wildman–Crippen LogP) is -0.852. The number of H-pyrrole nitrogens is 1. The number of rotatable bonds is 8. The van der Waals surface area contributed by atoms with Gasteiger partial charge in [0, 0.05) is 0 Å². The molecule has 33 heavy (non-hydrogen) atoms. The van der Waals surface area contributed by atoms with Crippen LogP contribution in [0.4, 0.5) is 10.3 Å². The van der Waals surface area contributed by atoms with Crippen molar-refractivity contribution in [1.82, 2.24) is 19.5 Å². The van der Waals surface area contributed by atoms with Crippen LogP contribution < -0.4 is 11.3 Å². The largest absolute Gasteiger partial charge is 0.488 e. The molecule has 3 heterocycles. The second kappa shape index (κ2) is 8.80. The lowest BCUT2D eigenvalue weighted by atomic mass is 9.98. The van der Waals surface area contributed by atoms with Crippen LogP contribution in [0.3, 0.4) is 0 Å². The number of imidazole rings is 1. The maximum atomic E-state index is 15.4. The molecule has 17 nitrogen and oxygen atoms in total. The third-order valence-electron chi connectivity index (χ3n) is 4.24. The van der Waals surface area contributed by atoms with Crippen LogP contribution in [-0.4, -0.2) is 68.7 Å². The zero-order chi connectivity index (χ0) is 25.0. The van der Waals surface area contributed by atoms with E-state index in [4.69, 9.17) is 24.8 Å². The first-order valence-corrected chi connectivity index (χ1v) is 14.1. The second-order valence-corrected chi connectivity index (χ2v) is 12.6. The number of hydrogen-bond acceptors (Lipinski definition) is 12. The van der Waals surface area contributed by atoms with Gasteiger partial charge in [-0.1, -0.05) is 0 Å². The standard InChI is InChI=1S/C11H17FN5O12P3S/c1-11(12)6(18)4(2-26-32(25,33)29-31(23,24)28-30(20,21)22)27-9(11)17-3-14-5-7(17)15-10(13)16-8(5)19/h3-4,6,9,18H,2H2,1H3,(H,23,24)(H,25,33)(H2,20,21,22)(H3,13,15,16,19)/t4-,6-,9-,11-,32?/m1/s1. The fourth-order valence-electron chi connectivity index (χ4n) is 2.94. The van der Waals surface area contributed by atoms with Crippen molar-refractivity contribution < 1.29 is 56.1 Å². The number of halogens is 1. The number of aromatic nitrogens is 4. The van der Waals surface area contributed by atoms with Crippen LogP contribution in [0, 0.1) is 0 Å². The van der Waals surface area contributed by atoms with Crippen LogP contribution in [0.25, 0.3) is 11.2 Å². The summed E-state index contributed by atoms with van der Waals surface area (Å²) in [5.74, 6) is -0.294. The van der Waals surface area contributed by atoms with Gasteiger partial charge in [-0.05, 0) is 18.7 Å². The summed E-state index contributed by atoms with van der Waals surface area (Å²) in [5.41, 5.74) is 1.88. The van der Waals surface area contributed by atoms with E-state index in [-0.39, 0.29) is 17.1 Å². The molecule has 8 N–H and O–H groups in total. The average molecular weight is 555 g/mol. The van der Waals surface area contributed by atoms with Crippen molar-refractivity contribution in [3.05, 3.63) is 16.7 Å². The highest BCUT2D eigenvalue weighted by Gasteiger charge is 2.56. The minimum atomic E-state index is -5.56. The zero-order valence-electron chi connectivity index (χ0n) is 16.2. The van der Waals surface area contributed by atoms with E-state index in [0.29, 0.717) is 0 Å². The molecule has 186 valence electrons. The van der Waals surface area contributed by atoms with Crippen molar-refractivity contribution in [3.8, 4) is 0 Å². The van der Waals surface area contributed by atoms with Gasteiger partial charge in [-0.15, -0.1) is 0 Å². The number of aliphatic hydroxyl groups is 1. The number of anilines is 1. The quantitative estimate of drug-likeness (QED) is 0.196. The van der Waals surface area contributed by atoms with Gasteiger partial charge < -0.3 is 39.7 Å². The van der Waals surface area contributed by atoms with Crippen LogP contribution in [0.15, 0.2) is 11.1 Å². The summed E-state index contributed by atoms with van der Waals surface area (Å²) in [6.07, 6.45) is -4.09. The molecular weight excluding hydrogens is 538 g/mol. The molecule has 6 atom stereocenters. The summed E-state index contributed by atoms with van der Waals surface area (Å²) < 4.78 is 56.3. The van der Waals surface area contributed by atoms with Crippen LogP contribution in [-0.2, 0) is 38.8 Å². The van der Waals surface area contributed by atoms with Gasteiger partial charge >= 0.3 is 22.4 Å². The van der Waals surface area contributed by atoms with Crippen LogP contribution in [0.2, 0.25) is 0 Å². The normalized spacial score (nSPS) is 29.7. The summed E-state index contributed by atoms with van der Waals surface area (Å²) in [6.45, 7) is -4.66. The summed E-state index contributed by atoms with van der Waals surface area (Å²) in [5, 5.41) is 10.3. The highest BCUT2D eigenvalue weighted by atomic mass is 32.5. The Bertz CT molecular complexity index is 1260. The summed E-state index contributed by atoms with van der Waals surface area (Å²) in [4.78, 5) is 58.1. The number of hydrogen-bond donors (Lipinski definition) is 7. The molecule has 3 rings (SSSR count). The lowest BCUT2D eigenvalue weighted by molar-refractivity contribution is -0.0548. The Kier molecular flexibility index (Phi) is 7.05. The first kappa shape index (κ1) is 26.4. The lowest BCUT2D eigenvalue weighted by Crippen LogP contribution is -2.40. The minimum absolute atomic E-state index is 0.162. The summed E-state index contributed by atoms with van der Waals surface area (Å²) >= 11 is 4.46. The van der Waals surface area contributed by atoms with E-state index in [1.807, 2.05) is 0 Å². The molecule has 2 unspecified atom stereocenters. The fraction of sp³-hybridized carbons (Fsp3) is 0.545.